The highest BCUT2D eigenvalue weighted by Crippen LogP contribution is 2.54. The number of hydrogen-bond acceptors (Lipinski definition) is 11. The monoisotopic (exact) mass is 395 g/mol. The third-order valence-electron chi connectivity index (χ3n) is 5.39. The van der Waals surface area contributed by atoms with Crippen LogP contribution in [0.25, 0.3) is 32.3 Å². The molecular formula is C18H21N9O2. The van der Waals surface area contributed by atoms with Gasteiger partial charge < -0.3 is 61.8 Å². The fourth-order valence-corrected chi connectivity index (χ4v) is 3.86. The van der Waals surface area contributed by atoms with Crippen molar-refractivity contribution in [1.82, 2.24) is 0 Å². The van der Waals surface area contributed by atoms with Crippen LogP contribution in [0.3, 0.4) is 0 Å². The fraction of sp³-hybridized carbons (Fsp3) is 0. The predicted octanol–water partition coefficient (Wildman–Crippen LogP) is 0.797. The van der Waals surface area contributed by atoms with Crippen molar-refractivity contribution in [3.8, 4) is 11.5 Å². The molecule has 29 heavy (non-hydrogen) atoms. The number of rotatable bonds is 0. The Kier molecular flexibility index (Phi) is 3.23. The maximum Gasteiger partial charge on any atom is 0.183 e. The summed E-state index contributed by atoms with van der Waals surface area (Å²) in [6, 6.07) is 1.55. The minimum Gasteiger partial charge on any atom is -0.504 e. The van der Waals surface area contributed by atoms with Gasteiger partial charge in [0.1, 0.15) is 5.69 Å². The third kappa shape index (κ3) is 1.90. The summed E-state index contributed by atoms with van der Waals surface area (Å²) >= 11 is 0. The molecule has 0 unspecified atom stereocenters. The van der Waals surface area contributed by atoms with Gasteiger partial charge in [0, 0.05) is 32.6 Å². The lowest BCUT2D eigenvalue weighted by atomic mass is 9.89. The minimum absolute atomic E-state index is 0.0141. The van der Waals surface area contributed by atoms with Gasteiger partial charge in [0.15, 0.2) is 11.5 Å². The molecule has 0 saturated heterocycles. The van der Waals surface area contributed by atoms with E-state index in [1.807, 2.05) is 0 Å². The Hall–Kier alpha value is -4.54. The van der Waals surface area contributed by atoms with E-state index in [2.05, 4.69) is 0 Å². The topological polar surface area (TPSA) is 275 Å². The molecule has 11 heteroatoms. The van der Waals surface area contributed by atoms with E-state index in [4.69, 9.17) is 51.6 Å². The van der Waals surface area contributed by atoms with Gasteiger partial charge in [-0.25, -0.2) is 0 Å². The van der Waals surface area contributed by atoms with Crippen LogP contribution in [0.1, 0.15) is 0 Å². The summed E-state index contributed by atoms with van der Waals surface area (Å²) in [4.78, 5) is 0. The molecule has 0 atom stereocenters. The molecule has 0 fully saturated rings. The smallest absolute Gasteiger partial charge is 0.183 e. The molecular weight excluding hydrogens is 374 g/mol. The van der Waals surface area contributed by atoms with Gasteiger partial charge in [-0.2, -0.15) is 0 Å². The summed E-state index contributed by atoms with van der Waals surface area (Å²) in [5.41, 5.74) is 55.7. The third-order valence-corrected chi connectivity index (χ3v) is 5.39. The van der Waals surface area contributed by atoms with Crippen LogP contribution in [0.4, 0.5) is 51.2 Å². The van der Waals surface area contributed by atoms with Crippen LogP contribution in [-0.4, -0.2) is 10.2 Å². The molecule has 150 valence electrons. The first-order valence-corrected chi connectivity index (χ1v) is 8.37. The SMILES string of the molecule is Nc1c(N)c(N)c2c(cc(N)c3c4c(N)c(N)c(O)c(O)c4c(N)c(N)c23)c1N. The zero-order valence-corrected chi connectivity index (χ0v) is 15.2. The Morgan fingerprint density at radius 3 is 1.48 bits per heavy atom. The van der Waals surface area contributed by atoms with Crippen molar-refractivity contribution in [2.45, 2.75) is 0 Å². The number of benzene rings is 4. The first-order chi connectivity index (χ1) is 13.5. The molecule has 0 radical (unpaired) electrons. The van der Waals surface area contributed by atoms with Crippen molar-refractivity contribution in [3.05, 3.63) is 6.07 Å². The quantitative estimate of drug-likeness (QED) is 0.0650. The highest BCUT2D eigenvalue weighted by atomic mass is 16.3. The van der Waals surface area contributed by atoms with Crippen molar-refractivity contribution in [2.24, 2.45) is 0 Å². The van der Waals surface area contributed by atoms with E-state index < -0.39 is 11.5 Å². The molecule has 0 aliphatic heterocycles. The first kappa shape index (κ1) is 17.9. The lowest BCUT2D eigenvalue weighted by molar-refractivity contribution is 0.410. The van der Waals surface area contributed by atoms with E-state index in [0.717, 1.165) is 0 Å². The van der Waals surface area contributed by atoms with Crippen molar-refractivity contribution in [1.29, 1.82) is 0 Å². The number of anilines is 9. The summed E-state index contributed by atoms with van der Waals surface area (Å²) in [5, 5.41) is 22.3. The highest BCUT2D eigenvalue weighted by Gasteiger charge is 2.26. The second kappa shape index (κ2) is 5.25. The Balaban J connectivity index is 2.51. The number of fused-ring (bicyclic) bond motifs is 5. The van der Waals surface area contributed by atoms with Gasteiger partial charge in [0.25, 0.3) is 0 Å². The Labute approximate surface area is 163 Å². The van der Waals surface area contributed by atoms with Gasteiger partial charge in [0.2, 0.25) is 0 Å². The van der Waals surface area contributed by atoms with Crippen LogP contribution in [-0.2, 0) is 0 Å². The normalized spacial score (nSPS) is 11.6. The minimum atomic E-state index is -0.611. The summed E-state index contributed by atoms with van der Waals surface area (Å²) < 4.78 is 0. The number of aromatic hydroxyl groups is 2. The number of phenolic OH excluding ortho intramolecular Hbond substituents is 2. The van der Waals surface area contributed by atoms with E-state index in [1.165, 1.54) is 0 Å². The molecule has 0 heterocycles. The van der Waals surface area contributed by atoms with Crippen LogP contribution in [0.15, 0.2) is 6.07 Å². The average molecular weight is 395 g/mol. The lowest BCUT2D eigenvalue weighted by Crippen LogP contribution is -2.08. The van der Waals surface area contributed by atoms with E-state index >= 15 is 0 Å². The molecule has 0 aliphatic carbocycles. The maximum absolute atomic E-state index is 10.5. The molecule has 11 nitrogen and oxygen atoms in total. The van der Waals surface area contributed by atoms with Crippen molar-refractivity contribution in [3.63, 3.8) is 0 Å². The summed E-state index contributed by atoms with van der Waals surface area (Å²) in [6.45, 7) is 0. The van der Waals surface area contributed by atoms with Gasteiger partial charge in [-0.05, 0) is 6.07 Å². The Morgan fingerprint density at radius 1 is 0.414 bits per heavy atom. The molecule has 0 saturated carbocycles. The molecule has 0 aliphatic rings. The van der Waals surface area contributed by atoms with E-state index in [-0.39, 0.29) is 62.0 Å². The number of nitrogens with two attached hydrogens (primary N) is 9. The number of hydrogen-bond donors (Lipinski definition) is 11. The molecule has 4 aromatic rings. The maximum atomic E-state index is 10.5. The predicted molar refractivity (Wildman–Crippen MR) is 122 cm³/mol. The number of phenols is 2. The largest absolute Gasteiger partial charge is 0.504 e. The van der Waals surface area contributed by atoms with Crippen LogP contribution >= 0.6 is 0 Å². The van der Waals surface area contributed by atoms with Crippen LogP contribution in [0, 0.1) is 0 Å². The standard InChI is InChI=1S/C18H21N9O2/c19-3-1-2-4(10(21)15(26)14(25)9(2)20)6-5(3)7-8(13(24)11(6)22)17(28)18(29)16(27)12(7)23/h1,28-29H,19-27H2. The first-order valence-electron chi connectivity index (χ1n) is 8.37. The molecule has 0 spiro atoms. The molecule has 20 N–H and O–H groups in total. The second-order valence-electron chi connectivity index (χ2n) is 6.89. The zero-order valence-electron chi connectivity index (χ0n) is 15.2. The van der Waals surface area contributed by atoms with Crippen molar-refractivity contribution in [2.75, 3.05) is 51.6 Å². The highest BCUT2D eigenvalue weighted by molar-refractivity contribution is 6.37. The van der Waals surface area contributed by atoms with E-state index in [9.17, 15) is 10.2 Å². The zero-order chi connectivity index (χ0) is 21.5. The van der Waals surface area contributed by atoms with Gasteiger partial charge in [-0.15, -0.1) is 0 Å². The van der Waals surface area contributed by atoms with Gasteiger partial charge in [0.05, 0.1) is 45.2 Å². The Morgan fingerprint density at radius 2 is 0.862 bits per heavy atom. The molecule has 0 aromatic heterocycles. The van der Waals surface area contributed by atoms with Crippen LogP contribution < -0.4 is 51.6 Å². The lowest BCUT2D eigenvalue weighted by Gasteiger charge is -2.21. The molecule has 0 amide bonds. The van der Waals surface area contributed by atoms with Crippen LogP contribution in [0.5, 0.6) is 11.5 Å². The molecule has 4 rings (SSSR count). The summed E-state index contributed by atoms with van der Waals surface area (Å²) in [6.07, 6.45) is 0. The van der Waals surface area contributed by atoms with Gasteiger partial charge >= 0.3 is 0 Å². The Bertz CT molecular complexity index is 1410. The fourth-order valence-electron chi connectivity index (χ4n) is 3.86. The second-order valence-corrected chi connectivity index (χ2v) is 6.89. The van der Waals surface area contributed by atoms with E-state index in [0.29, 0.717) is 21.5 Å². The van der Waals surface area contributed by atoms with Crippen molar-refractivity contribution < 1.29 is 10.2 Å². The average Bonchev–Trinajstić information content (AvgIpc) is 2.69. The number of nitrogen functional groups attached to an aromatic ring is 9. The van der Waals surface area contributed by atoms with Gasteiger partial charge in [-0.3, -0.25) is 0 Å². The van der Waals surface area contributed by atoms with E-state index in [1.54, 1.807) is 6.07 Å². The summed E-state index contributed by atoms with van der Waals surface area (Å²) in [5.74, 6) is -1.18. The summed E-state index contributed by atoms with van der Waals surface area (Å²) in [7, 11) is 0. The van der Waals surface area contributed by atoms with Crippen molar-refractivity contribution >= 4 is 83.5 Å². The van der Waals surface area contributed by atoms with Gasteiger partial charge in [-0.1, -0.05) is 0 Å². The molecule has 4 aromatic carbocycles. The molecule has 0 bridgehead atoms. The van der Waals surface area contributed by atoms with Crippen LogP contribution in [0.2, 0.25) is 0 Å².